The summed E-state index contributed by atoms with van der Waals surface area (Å²) in [4.78, 5) is 67.6. The summed E-state index contributed by atoms with van der Waals surface area (Å²) < 4.78 is 27.0. The van der Waals surface area contributed by atoms with Crippen LogP contribution in [0.1, 0.15) is 63.1 Å². The number of carbonyl (C=O) groups is 4. The molecule has 4 atom stereocenters. The fourth-order valence-corrected chi connectivity index (χ4v) is 18.7. The van der Waals surface area contributed by atoms with Crippen molar-refractivity contribution in [3.63, 3.8) is 0 Å². The van der Waals surface area contributed by atoms with E-state index < -0.39 is 5.82 Å². The smallest absolute Gasteiger partial charge is 0.321 e. The summed E-state index contributed by atoms with van der Waals surface area (Å²) in [5.74, 6) is -0.710. The Labute approximate surface area is 827 Å². The van der Waals surface area contributed by atoms with Crippen LogP contribution >= 0.6 is 186 Å². The zero-order valence-corrected chi connectivity index (χ0v) is 80.5. The van der Waals surface area contributed by atoms with Crippen molar-refractivity contribution in [3.8, 4) is 0 Å². The van der Waals surface area contributed by atoms with Crippen LogP contribution < -0.4 is 40.9 Å². The van der Waals surface area contributed by atoms with Crippen molar-refractivity contribution >= 4 is 244 Å². The van der Waals surface area contributed by atoms with Crippen molar-refractivity contribution in [2.24, 2.45) is 0 Å². The monoisotopic (exact) mass is 2050 g/mol. The minimum atomic E-state index is -0.404. The summed E-state index contributed by atoms with van der Waals surface area (Å²) in [6.45, 7) is 8.51. The van der Waals surface area contributed by atoms with Crippen LogP contribution in [0.4, 0.5) is 62.1 Å². The Morgan fingerprint density at radius 1 is 0.295 bits per heavy atom. The van der Waals surface area contributed by atoms with E-state index in [9.17, 15) is 28.0 Å². The lowest BCUT2D eigenvalue weighted by Gasteiger charge is -2.43. The molecule has 4 heterocycles. The van der Waals surface area contributed by atoms with Gasteiger partial charge in [0.05, 0.1) is 77.1 Å². The lowest BCUT2D eigenvalue weighted by molar-refractivity contribution is 0.184. The molecule has 0 bridgehead atoms. The first-order valence-electron chi connectivity index (χ1n) is 40.3. The molecular weight excluding hydrogens is 1980 g/mol. The minimum absolute atomic E-state index is 0.106. The average Bonchev–Trinajstić information content (AvgIpc) is 0.798. The molecule has 4 aliphatic heterocycles. The third-order valence-electron chi connectivity index (χ3n) is 21.9. The number of aryl methyl sites for hydroxylation is 1. The number of nitrogens with zero attached hydrogens (tertiary/aromatic N) is 8. The van der Waals surface area contributed by atoms with Gasteiger partial charge in [-0.2, -0.15) is 0 Å². The first-order chi connectivity index (χ1) is 61.8. The number of nitrogens with one attached hydrogen (secondary N) is 4. The first-order valence-corrected chi connectivity index (χ1v) is 46.4. The van der Waals surface area contributed by atoms with Crippen molar-refractivity contribution in [1.29, 1.82) is 0 Å². The van der Waals surface area contributed by atoms with Gasteiger partial charge in [0.1, 0.15) is 11.6 Å². The summed E-state index contributed by atoms with van der Waals surface area (Å²) >= 11 is 99.0. The number of amides is 8. The van der Waals surface area contributed by atoms with Crippen molar-refractivity contribution in [2.75, 3.05) is 109 Å². The van der Waals surface area contributed by atoms with E-state index in [2.05, 4.69) is 40.9 Å². The van der Waals surface area contributed by atoms with Crippen LogP contribution in [0.3, 0.4) is 0 Å². The molecular formula is C95H80Cl16F2N12O4. The maximum Gasteiger partial charge on any atom is 0.321 e. The summed E-state index contributed by atoms with van der Waals surface area (Å²) in [7, 11) is 0. The van der Waals surface area contributed by atoms with Crippen LogP contribution in [-0.4, -0.2) is 122 Å². The van der Waals surface area contributed by atoms with E-state index in [0.717, 1.165) is 56.1 Å². The number of carbonyl (C=O) groups excluding carboxylic acids is 4. The maximum atomic E-state index is 13.6. The van der Waals surface area contributed by atoms with Crippen LogP contribution in [0.15, 0.2) is 249 Å². The first kappa shape index (κ1) is 97.9. The highest BCUT2D eigenvalue weighted by Crippen LogP contribution is 2.43. The van der Waals surface area contributed by atoms with Gasteiger partial charge in [0.25, 0.3) is 0 Å². The highest BCUT2D eigenvalue weighted by Gasteiger charge is 2.37. The number of halogens is 18. The third-order valence-corrected chi connectivity index (χ3v) is 26.4. The zero-order valence-electron chi connectivity index (χ0n) is 68.4. The molecule has 0 radical (unpaired) electrons. The number of piperazine rings is 4. The van der Waals surface area contributed by atoms with Gasteiger partial charge >= 0.3 is 24.1 Å². The molecule has 4 aliphatic rings. The van der Waals surface area contributed by atoms with E-state index in [0.29, 0.717) is 189 Å². The summed E-state index contributed by atoms with van der Waals surface area (Å²) in [6.07, 6.45) is 0. The second-order valence-corrected chi connectivity index (χ2v) is 37.1. The fourth-order valence-electron chi connectivity index (χ4n) is 15.3. The van der Waals surface area contributed by atoms with Crippen LogP contribution in [-0.2, 0) is 13.1 Å². The van der Waals surface area contributed by atoms with Gasteiger partial charge in [0.2, 0.25) is 0 Å². The second kappa shape index (κ2) is 45.7. The molecule has 12 aromatic rings. The van der Waals surface area contributed by atoms with Crippen molar-refractivity contribution in [2.45, 2.75) is 44.2 Å². The zero-order chi connectivity index (χ0) is 91.9. The third kappa shape index (κ3) is 26.3. The van der Waals surface area contributed by atoms with Gasteiger partial charge in [-0.15, -0.1) is 0 Å². The van der Waals surface area contributed by atoms with Crippen LogP contribution in [0, 0.1) is 18.6 Å². The maximum absolute atomic E-state index is 13.6. The highest BCUT2D eigenvalue weighted by atomic mass is 35.5. The molecule has 129 heavy (non-hydrogen) atoms. The Kier molecular flexibility index (Phi) is 34.7. The van der Waals surface area contributed by atoms with Gasteiger partial charge in [-0.05, 0) is 228 Å². The minimum Gasteiger partial charge on any atom is -0.360 e. The molecule has 670 valence electrons. The molecule has 4 N–H and O–H groups in total. The summed E-state index contributed by atoms with van der Waals surface area (Å²) in [5.41, 5.74) is 10.6. The van der Waals surface area contributed by atoms with Crippen molar-refractivity contribution < 1.29 is 28.0 Å². The quantitative estimate of drug-likeness (QED) is 0.0843. The normalized spacial score (nSPS) is 16.2. The molecule has 4 saturated heterocycles. The van der Waals surface area contributed by atoms with E-state index >= 15 is 0 Å². The van der Waals surface area contributed by atoms with Gasteiger partial charge in [-0.25, -0.2) is 28.0 Å². The van der Waals surface area contributed by atoms with Gasteiger partial charge in [0, 0.05) is 153 Å². The molecule has 4 fully saturated rings. The van der Waals surface area contributed by atoms with Gasteiger partial charge < -0.3 is 60.5 Å². The fraction of sp³-hybridized carbons (Fsp3) is 0.200. The lowest BCUT2D eigenvalue weighted by atomic mass is 10.0. The van der Waals surface area contributed by atoms with E-state index in [1.165, 1.54) is 18.2 Å². The number of urea groups is 4. The number of hydrogen-bond donors (Lipinski definition) is 4. The molecule has 16 rings (SSSR count). The topological polar surface area (TPSA) is 142 Å². The van der Waals surface area contributed by atoms with Crippen LogP contribution in [0.5, 0.6) is 0 Å². The largest absolute Gasteiger partial charge is 0.360 e. The Hall–Kier alpha value is -8.58. The highest BCUT2D eigenvalue weighted by molar-refractivity contribution is 6.42. The number of hydrogen-bond acceptors (Lipinski definition) is 8. The molecule has 16 nitrogen and oxygen atoms in total. The molecule has 0 spiro atoms. The predicted octanol–water partition coefficient (Wildman–Crippen LogP) is 29.5. The Morgan fingerprint density at radius 2 is 0.612 bits per heavy atom. The molecule has 0 saturated carbocycles. The molecule has 34 heteroatoms. The van der Waals surface area contributed by atoms with Gasteiger partial charge in [-0.3, -0.25) is 0 Å². The number of rotatable bonds is 14. The van der Waals surface area contributed by atoms with Crippen molar-refractivity contribution in [1.82, 2.24) is 30.2 Å². The number of benzene rings is 12. The molecule has 0 aliphatic carbocycles. The van der Waals surface area contributed by atoms with E-state index in [1.54, 1.807) is 111 Å². The second-order valence-electron chi connectivity index (χ2n) is 30.3. The van der Waals surface area contributed by atoms with Crippen LogP contribution in [0.2, 0.25) is 80.4 Å². The molecule has 12 aromatic carbocycles. The molecule has 4 unspecified atom stereocenters. The lowest BCUT2D eigenvalue weighted by Crippen LogP contribution is -2.53. The summed E-state index contributed by atoms with van der Waals surface area (Å²) in [5, 5.41) is 20.7. The van der Waals surface area contributed by atoms with E-state index in [1.807, 2.05) is 146 Å². The number of anilines is 6. The van der Waals surface area contributed by atoms with E-state index in [-0.39, 0.29) is 54.1 Å². The standard InChI is InChI=1S/2C24H20Cl5N3O.C24H21Cl3FN3O.C23H19Cl3FN3O/c25-17-4-2-16(3-5-17)23-14-31(9-10-32(23)22-8-6-18(26)12-21(22)29)24(33)30-13-15-1-7-19(27)20(28)11-15;25-17-4-1-15(2-5-17)23-14-31(9-10-32(23)22-8-7-19(27)12-21(22)29)24(33)30-13-16-3-6-18(26)11-20(16)28;1-15-12-19(7-8-21(15)28)29-24(32)30-10-11-31(22-9-6-18(26)13-20(22)27)23(14-30)16-2-4-17(25)5-3-16;24-16-6-4-15(5-7-16)22-14-29(23(31)28-19-3-1-2-18(27)13-19)10-11-30(22)21-9-8-17(25)12-20(21)26/h2*1-8,11-12,23H,9-10,13-14H2,(H,30,33);2-9,12-13,23H,10-11,14H2,1H3,(H,29,32);1-9,12-13,22H,10-11,14H2,(H,28,31). The molecule has 8 amide bonds. The SMILES string of the molecule is Cc1cc(NC(=O)N2CCN(c3ccc(Cl)cc3Cl)C(c3ccc(Cl)cc3)C2)ccc1F.O=C(NCc1ccc(Cl)c(Cl)c1)N1CCN(c2ccc(Cl)cc2Cl)C(c2ccc(Cl)cc2)C1.O=C(NCc1ccc(Cl)cc1Cl)N1CCN(c2ccc(Cl)cc2Cl)C(c2ccc(Cl)cc2)C1.O=C(Nc1cccc(F)c1)N1CCN(c2ccc(Cl)cc2Cl)C(c2ccc(Cl)cc2)C1. The Morgan fingerprint density at radius 3 is 0.938 bits per heavy atom. The Balaban J connectivity index is 0.000000147. The predicted molar refractivity (Wildman–Crippen MR) is 531 cm³/mol. The average molecular weight is 2060 g/mol. The van der Waals surface area contributed by atoms with Gasteiger partial charge in [0.15, 0.2) is 0 Å². The Bertz CT molecular complexity index is 5990. The van der Waals surface area contributed by atoms with Gasteiger partial charge in [-0.1, -0.05) is 252 Å². The van der Waals surface area contributed by atoms with E-state index in [4.69, 9.17) is 186 Å². The summed E-state index contributed by atoms with van der Waals surface area (Å²) in [6, 6.07) is 71.6. The van der Waals surface area contributed by atoms with Crippen LogP contribution in [0.25, 0.3) is 0 Å². The molecule has 0 aromatic heterocycles. The van der Waals surface area contributed by atoms with Crippen molar-refractivity contribution in [3.05, 3.63) is 380 Å².